The van der Waals surface area contributed by atoms with E-state index in [0.29, 0.717) is 23.4 Å². The van der Waals surface area contributed by atoms with Crippen LogP contribution in [-0.2, 0) is 16.0 Å². The third kappa shape index (κ3) is 4.11. The minimum Gasteiger partial charge on any atom is -0.452 e. The smallest absolute Gasteiger partial charge is 0.340 e. The van der Waals surface area contributed by atoms with E-state index in [9.17, 15) is 14.0 Å². The van der Waals surface area contributed by atoms with Crippen LogP contribution in [0.25, 0.3) is 10.9 Å². The zero-order valence-corrected chi connectivity index (χ0v) is 15.1. The van der Waals surface area contributed by atoms with Gasteiger partial charge in [-0.15, -0.1) is 0 Å². The van der Waals surface area contributed by atoms with E-state index >= 15 is 0 Å². The Bertz CT molecular complexity index is 1000. The third-order valence-electron chi connectivity index (χ3n) is 4.23. The van der Waals surface area contributed by atoms with Crippen molar-refractivity contribution in [1.29, 1.82) is 0 Å². The Hall–Kier alpha value is -3.28. The van der Waals surface area contributed by atoms with Crippen LogP contribution < -0.4 is 5.32 Å². The zero-order valence-electron chi connectivity index (χ0n) is 15.1. The number of nitrogens with zero attached hydrogens (tertiary/aromatic N) is 1. The quantitative estimate of drug-likeness (QED) is 0.692. The molecule has 0 radical (unpaired) electrons. The van der Waals surface area contributed by atoms with E-state index in [-0.39, 0.29) is 0 Å². The summed E-state index contributed by atoms with van der Waals surface area (Å²) in [6.45, 7) is 3.32. The monoisotopic (exact) mass is 366 g/mol. The number of para-hydroxylation sites is 1. The summed E-state index contributed by atoms with van der Waals surface area (Å²) in [4.78, 5) is 29.1. The molecule has 0 bridgehead atoms. The molecule has 0 saturated heterocycles. The molecule has 0 aliphatic rings. The fourth-order valence-corrected chi connectivity index (χ4v) is 2.90. The topological polar surface area (TPSA) is 68.3 Å². The highest BCUT2D eigenvalue weighted by Gasteiger charge is 2.20. The highest BCUT2D eigenvalue weighted by atomic mass is 19.1. The predicted octanol–water partition coefficient (Wildman–Crippen LogP) is 4.04. The zero-order chi connectivity index (χ0) is 19.4. The number of aryl methyl sites for hydroxylation is 2. The molecule has 1 N–H and O–H groups in total. The number of carbonyl (C=O) groups excluding carboxylic acids is 2. The molecule has 0 spiro atoms. The number of aromatic nitrogens is 1. The highest BCUT2D eigenvalue weighted by molar-refractivity contribution is 6.00. The fraction of sp³-hybridized carbons (Fsp3) is 0.190. The van der Waals surface area contributed by atoms with Gasteiger partial charge < -0.3 is 10.1 Å². The van der Waals surface area contributed by atoms with Crippen LogP contribution in [0.4, 0.5) is 10.1 Å². The first-order valence-corrected chi connectivity index (χ1v) is 8.60. The van der Waals surface area contributed by atoms with Crippen molar-refractivity contribution >= 4 is 28.5 Å². The number of fused-ring (bicyclic) bond motifs is 1. The van der Waals surface area contributed by atoms with Crippen molar-refractivity contribution in [2.75, 3.05) is 11.9 Å². The van der Waals surface area contributed by atoms with Gasteiger partial charge in [0, 0.05) is 11.1 Å². The van der Waals surface area contributed by atoms with Gasteiger partial charge in [-0.2, -0.15) is 0 Å². The number of nitrogens with one attached hydrogen (secondary N) is 1. The Morgan fingerprint density at radius 2 is 1.81 bits per heavy atom. The first-order valence-electron chi connectivity index (χ1n) is 8.60. The van der Waals surface area contributed by atoms with E-state index in [1.807, 2.05) is 38.1 Å². The van der Waals surface area contributed by atoms with Crippen LogP contribution in [-0.4, -0.2) is 23.5 Å². The van der Waals surface area contributed by atoms with Crippen LogP contribution in [0.2, 0.25) is 0 Å². The summed E-state index contributed by atoms with van der Waals surface area (Å²) in [5.41, 5.74) is 3.05. The maximum absolute atomic E-state index is 12.9. The number of hydrogen-bond donors (Lipinski definition) is 1. The van der Waals surface area contributed by atoms with Gasteiger partial charge >= 0.3 is 5.97 Å². The molecule has 3 aromatic rings. The number of esters is 1. The van der Waals surface area contributed by atoms with E-state index in [1.54, 1.807) is 0 Å². The lowest BCUT2D eigenvalue weighted by Crippen LogP contribution is -2.22. The molecular weight excluding hydrogens is 347 g/mol. The summed E-state index contributed by atoms with van der Waals surface area (Å²) >= 11 is 0. The number of halogens is 1. The number of rotatable bonds is 5. The number of hydrogen-bond acceptors (Lipinski definition) is 4. The van der Waals surface area contributed by atoms with Gasteiger partial charge in [-0.1, -0.05) is 25.1 Å². The average Bonchev–Trinajstić information content (AvgIpc) is 2.67. The average molecular weight is 366 g/mol. The van der Waals surface area contributed by atoms with Crippen molar-refractivity contribution in [2.45, 2.75) is 20.3 Å². The van der Waals surface area contributed by atoms with Crippen molar-refractivity contribution in [2.24, 2.45) is 0 Å². The van der Waals surface area contributed by atoms with Crippen molar-refractivity contribution < 1.29 is 18.7 Å². The van der Waals surface area contributed by atoms with Crippen LogP contribution in [0.5, 0.6) is 0 Å². The fourth-order valence-electron chi connectivity index (χ4n) is 2.90. The lowest BCUT2D eigenvalue weighted by Gasteiger charge is -2.13. The van der Waals surface area contributed by atoms with E-state index in [4.69, 9.17) is 4.74 Å². The van der Waals surface area contributed by atoms with Gasteiger partial charge in [0.2, 0.25) is 0 Å². The normalized spacial score (nSPS) is 10.6. The van der Waals surface area contributed by atoms with Crippen molar-refractivity contribution in [3.63, 3.8) is 0 Å². The van der Waals surface area contributed by atoms with E-state index < -0.39 is 24.3 Å². The summed E-state index contributed by atoms with van der Waals surface area (Å²) in [6, 6.07) is 12.9. The molecule has 0 fully saturated rings. The number of ether oxygens (including phenoxy) is 1. The Kier molecular flexibility index (Phi) is 5.45. The van der Waals surface area contributed by atoms with Crippen LogP contribution in [0.3, 0.4) is 0 Å². The SMILES string of the molecule is CCc1nc2ccccc2c(C)c1C(=O)OCC(=O)Nc1ccc(F)cc1. The second-order valence-electron chi connectivity index (χ2n) is 6.06. The predicted molar refractivity (Wildman–Crippen MR) is 101 cm³/mol. The molecule has 5 nitrogen and oxygen atoms in total. The Morgan fingerprint density at radius 1 is 1.11 bits per heavy atom. The molecule has 2 aromatic carbocycles. The molecule has 6 heteroatoms. The molecule has 1 heterocycles. The molecule has 27 heavy (non-hydrogen) atoms. The number of anilines is 1. The molecule has 0 aliphatic heterocycles. The Morgan fingerprint density at radius 3 is 2.52 bits per heavy atom. The first-order chi connectivity index (χ1) is 13.0. The maximum atomic E-state index is 12.9. The summed E-state index contributed by atoms with van der Waals surface area (Å²) in [6.07, 6.45) is 0.567. The lowest BCUT2D eigenvalue weighted by atomic mass is 10.0. The van der Waals surface area contributed by atoms with E-state index in [1.165, 1.54) is 24.3 Å². The summed E-state index contributed by atoms with van der Waals surface area (Å²) in [5.74, 6) is -1.48. The standard InChI is InChI=1S/C21H19FN2O3/c1-3-17-20(13(2)16-6-4-5-7-18(16)24-17)21(26)27-12-19(25)23-15-10-8-14(22)9-11-15/h4-11H,3,12H2,1-2H3,(H,23,25). The van der Waals surface area contributed by atoms with Crippen molar-refractivity contribution in [3.8, 4) is 0 Å². The van der Waals surface area contributed by atoms with Gasteiger partial charge in [-0.3, -0.25) is 9.78 Å². The third-order valence-corrected chi connectivity index (χ3v) is 4.23. The molecule has 0 aliphatic carbocycles. The molecule has 1 aromatic heterocycles. The van der Waals surface area contributed by atoms with Gasteiger partial charge in [0.1, 0.15) is 5.82 Å². The molecule has 138 valence electrons. The van der Waals surface area contributed by atoms with Gasteiger partial charge in [-0.25, -0.2) is 9.18 Å². The van der Waals surface area contributed by atoms with Gasteiger partial charge in [0.25, 0.3) is 5.91 Å². The Labute approximate surface area is 156 Å². The van der Waals surface area contributed by atoms with Crippen LogP contribution in [0.15, 0.2) is 48.5 Å². The van der Waals surface area contributed by atoms with Crippen LogP contribution in [0.1, 0.15) is 28.5 Å². The van der Waals surface area contributed by atoms with Gasteiger partial charge in [-0.05, 0) is 49.2 Å². The van der Waals surface area contributed by atoms with Crippen LogP contribution in [0, 0.1) is 12.7 Å². The summed E-state index contributed by atoms with van der Waals surface area (Å²) in [7, 11) is 0. The van der Waals surface area contributed by atoms with E-state index in [2.05, 4.69) is 10.3 Å². The summed E-state index contributed by atoms with van der Waals surface area (Å²) in [5, 5.41) is 3.42. The molecular formula is C21H19FN2O3. The highest BCUT2D eigenvalue weighted by Crippen LogP contribution is 2.24. The number of amides is 1. The molecule has 1 amide bonds. The lowest BCUT2D eigenvalue weighted by molar-refractivity contribution is -0.119. The van der Waals surface area contributed by atoms with Gasteiger partial charge in [0.15, 0.2) is 6.61 Å². The van der Waals surface area contributed by atoms with Crippen molar-refractivity contribution in [1.82, 2.24) is 4.98 Å². The minimum atomic E-state index is -0.586. The molecule has 3 rings (SSSR count). The summed E-state index contributed by atoms with van der Waals surface area (Å²) < 4.78 is 18.1. The second kappa shape index (κ2) is 7.95. The molecule has 0 unspecified atom stereocenters. The van der Waals surface area contributed by atoms with Crippen molar-refractivity contribution in [3.05, 3.63) is 71.2 Å². The maximum Gasteiger partial charge on any atom is 0.340 e. The van der Waals surface area contributed by atoms with Gasteiger partial charge in [0.05, 0.1) is 16.8 Å². The first kappa shape index (κ1) is 18.5. The minimum absolute atomic E-state index is 0.394. The Balaban J connectivity index is 1.75. The second-order valence-corrected chi connectivity index (χ2v) is 6.06. The number of pyridine rings is 1. The number of carbonyl (C=O) groups is 2. The molecule has 0 saturated carbocycles. The van der Waals surface area contributed by atoms with E-state index in [0.717, 1.165) is 16.5 Å². The van der Waals surface area contributed by atoms with Crippen LogP contribution >= 0.6 is 0 Å². The largest absolute Gasteiger partial charge is 0.452 e. The number of benzene rings is 2. The molecule has 0 atom stereocenters.